The van der Waals surface area contributed by atoms with Crippen LogP contribution in [0, 0.1) is 0 Å². The first-order valence-corrected chi connectivity index (χ1v) is 9.73. The number of hydrogen-bond acceptors (Lipinski definition) is 4. The predicted octanol–water partition coefficient (Wildman–Crippen LogP) is 2.47. The molecule has 1 heterocycles. The molecule has 1 aliphatic rings. The second-order valence-corrected chi connectivity index (χ2v) is 6.99. The van der Waals surface area contributed by atoms with Crippen LogP contribution in [0.2, 0.25) is 0 Å². The second kappa shape index (κ2) is 8.71. The van der Waals surface area contributed by atoms with Crippen LogP contribution in [-0.2, 0) is 16.1 Å². The predicted molar refractivity (Wildman–Crippen MR) is 117 cm³/mol. The van der Waals surface area contributed by atoms with Crippen LogP contribution in [0.15, 0.2) is 89.9 Å². The van der Waals surface area contributed by atoms with Gasteiger partial charge >= 0.3 is 0 Å². The molecule has 0 saturated carbocycles. The highest BCUT2D eigenvalue weighted by atomic mass is 16.2. The summed E-state index contributed by atoms with van der Waals surface area (Å²) in [6, 6.07) is 26.6. The third kappa shape index (κ3) is 4.14. The first-order valence-electron chi connectivity index (χ1n) is 9.73. The van der Waals surface area contributed by atoms with E-state index in [1.54, 1.807) is 0 Å². The number of benzodiazepines with no additional fused rings is 1. The number of benzene rings is 3. The molecule has 1 aliphatic heterocycles. The van der Waals surface area contributed by atoms with Crippen molar-refractivity contribution in [2.45, 2.75) is 12.7 Å². The van der Waals surface area contributed by atoms with Crippen molar-refractivity contribution in [2.24, 2.45) is 10.7 Å². The number of amides is 2. The standard InChI is InChI=1S/C24H22N4O2/c25-23-24(30)28(16-21(29)26-15-17-9-3-1-4-10-17)20-14-8-7-13-19(20)22(27-23)18-11-5-2-6-12-18/h1-14,23H,15-16,25H2,(H,26,29)/t23-/m0/s1. The van der Waals surface area contributed by atoms with E-state index in [0.29, 0.717) is 17.9 Å². The van der Waals surface area contributed by atoms with E-state index in [1.165, 1.54) is 4.90 Å². The number of hydrogen-bond donors (Lipinski definition) is 2. The molecule has 3 N–H and O–H groups in total. The fraction of sp³-hybridized carbons (Fsp3) is 0.125. The zero-order valence-electron chi connectivity index (χ0n) is 16.4. The monoisotopic (exact) mass is 398 g/mol. The van der Waals surface area contributed by atoms with Gasteiger partial charge in [-0.25, -0.2) is 0 Å². The Morgan fingerprint density at radius 2 is 1.57 bits per heavy atom. The Bertz CT molecular complexity index is 1080. The molecule has 6 heteroatoms. The molecule has 150 valence electrons. The fourth-order valence-electron chi connectivity index (χ4n) is 3.44. The number of nitrogens with two attached hydrogens (primary N) is 1. The zero-order valence-corrected chi connectivity index (χ0v) is 16.4. The molecule has 3 aromatic carbocycles. The summed E-state index contributed by atoms with van der Waals surface area (Å²) in [5.41, 5.74) is 9.98. The van der Waals surface area contributed by atoms with E-state index in [1.807, 2.05) is 84.9 Å². The van der Waals surface area contributed by atoms with E-state index < -0.39 is 12.1 Å². The van der Waals surface area contributed by atoms with E-state index in [0.717, 1.165) is 16.7 Å². The normalized spacial score (nSPS) is 15.8. The third-order valence-corrected chi connectivity index (χ3v) is 4.92. The number of aliphatic imine (C=N–C) groups is 1. The van der Waals surface area contributed by atoms with Crippen molar-refractivity contribution in [3.63, 3.8) is 0 Å². The molecule has 3 aromatic rings. The Kier molecular flexibility index (Phi) is 5.68. The topological polar surface area (TPSA) is 87.8 Å². The zero-order chi connectivity index (χ0) is 20.9. The molecule has 0 radical (unpaired) electrons. The quantitative estimate of drug-likeness (QED) is 0.692. The van der Waals surface area contributed by atoms with Crippen molar-refractivity contribution >= 4 is 23.2 Å². The summed E-state index contributed by atoms with van der Waals surface area (Å²) in [5, 5.41) is 2.86. The third-order valence-electron chi connectivity index (χ3n) is 4.92. The number of anilines is 1. The van der Waals surface area contributed by atoms with Crippen LogP contribution in [0.5, 0.6) is 0 Å². The number of carbonyl (C=O) groups excluding carboxylic acids is 2. The minimum atomic E-state index is -1.09. The maximum atomic E-state index is 13.0. The number of nitrogens with zero attached hydrogens (tertiary/aromatic N) is 2. The van der Waals surface area contributed by atoms with Crippen LogP contribution in [-0.4, -0.2) is 30.2 Å². The van der Waals surface area contributed by atoms with Crippen molar-refractivity contribution in [3.8, 4) is 0 Å². The molecular weight excluding hydrogens is 376 g/mol. The summed E-state index contributed by atoms with van der Waals surface area (Å²) >= 11 is 0. The Hall–Kier alpha value is -3.77. The van der Waals surface area contributed by atoms with E-state index in [-0.39, 0.29) is 12.5 Å². The maximum Gasteiger partial charge on any atom is 0.266 e. The number of fused-ring (bicyclic) bond motifs is 1. The van der Waals surface area contributed by atoms with Gasteiger partial charge in [-0.05, 0) is 11.6 Å². The minimum Gasteiger partial charge on any atom is -0.350 e. The van der Waals surface area contributed by atoms with Gasteiger partial charge in [0.25, 0.3) is 5.91 Å². The van der Waals surface area contributed by atoms with Crippen molar-refractivity contribution in [2.75, 3.05) is 11.4 Å². The Morgan fingerprint density at radius 1 is 0.933 bits per heavy atom. The first kappa shape index (κ1) is 19.5. The van der Waals surface area contributed by atoms with E-state index in [2.05, 4.69) is 10.3 Å². The minimum absolute atomic E-state index is 0.131. The molecule has 0 unspecified atom stereocenters. The highest BCUT2D eigenvalue weighted by Crippen LogP contribution is 2.27. The van der Waals surface area contributed by atoms with Gasteiger partial charge in [0.05, 0.1) is 11.4 Å². The van der Waals surface area contributed by atoms with Crippen molar-refractivity contribution < 1.29 is 9.59 Å². The molecule has 30 heavy (non-hydrogen) atoms. The van der Waals surface area contributed by atoms with Crippen LogP contribution in [0.25, 0.3) is 0 Å². The summed E-state index contributed by atoms with van der Waals surface area (Å²) in [5.74, 6) is -0.680. The summed E-state index contributed by atoms with van der Waals surface area (Å²) in [4.78, 5) is 31.5. The molecule has 0 aromatic heterocycles. The summed E-state index contributed by atoms with van der Waals surface area (Å²) in [6.45, 7) is 0.259. The van der Waals surface area contributed by atoms with Gasteiger partial charge in [0.1, 0.15) is 6.54 Å². The lowest BCUT2D eigenvalue weighted by Crippen LogP contribution is -2.47. The van der Waals surface area contributed by atoms with Gasteiger partial charge in [-0.2, -0.15) is 0 Å². The van der Waals surface area contributed by atoms with Gasteiger partial charge in [-0.1, -0.05) is 78.9 Å². The highest BCUT2D eigenvalue weighted by Gasteiger charge is 2.31. The number of rotatable bonds is 5. The molecule has 0 aliphatic carbocycles. The van der Waals surface area contributed by atoms with E-state index >= 15 is 0 Å². The van der Waals surface area contributed by atoms with Gasteiger partial charge < -0.3 is 11.1 Å². The van der Waals surface area contributed by atoms with Gasteiger partial charge in [0.15, 0.2) is 6.17 Å². The molecule has 2 amide bonds. The Balaban J connectivity index is 1.62. The lowest BCUT2D eigenvalue weighted by molar-refractivity contribution is -0.124. The molecule has 0 saturated heterocycles. The number of carbonyl (C=O) groups is 2. The first-order chi connectivity index (χ1) is 14.6. The van der Waals surface area contributed by atoms with E-state index in [4.69, 9.17) is 5.73 Å². The molecule has 4 rings (SSSR count). The second-order valence-electron chi connectivity index (χ2n) is 6.99. The molecule has 6 nitrogen and oxygen atoms in total. The molecule has 1 atom stereocenters. The van der Waals surface area contributed by atoms with Crippen LogP contribution in [0.4, 0.5) is 5.69 Å². The Morgan fingerprint density at radius 3 is 2.30 bits per heavy atom. The van der Waals surface area contributed by atoms with Crippen molar-refractivity contribution in [1.29, 1.82) is 0 Å². The number of nitrogens with one attached hydrogen (secondary N) is 1. The summed E-state index contributed by atoms with van der Waals surface area (Å²) in [6.07, 6.45) is -1.09. The summed E-state index contributed by atoms with van der Waals surface area (Å²) in [7, 11) is 0. The number of para-hydroxylation sites is 1. The SMILES string of the molecule is N[C@H]1N=C(c2ccccc2)c2ccccc2N(CC(=O)NCc2ccccc2)C1=O. The van der Waals surface area contributed by atoms with Gasteiger partial charge in [0.2, 0.25) is 5.91 Å². The molecule has 0 fully saturated rings. The lowest BCUT2D eigenvalue weighted by atomic mass is 10.0. The summed E-state index contributed by atoms with van der Waals surface area (Å²) < 4.78 is 0. The average Bonchev–Trinajstić information content (AvgIpc) is 2.89. The van der Waals surface area contributed by atoms with Crippen LogP contribution < -0.4 is 16.0 Å². The van der Waals surface area contributed by atoms with Crippen LogP contribution in [0.1, 0.15) is 16.7 Å². The van der Waals surface area contributed by atoms with Gasteiger partial charge in [-0.15, -0.1) is 0 Å². The van der Waals surface area contributed by atoms with E-state index in [9.17, 15) is 9.59 Å². The average molecular weight is 398 g/mol. The smallest absolute Gasteiger partial charge is 0.266 e. The molecular formula is C24H22N4O2. The molecule has 0 bridgehead atoms. The molecule has 0 spiro atoms. The van der Waals surface area contributed by atoms with Crippen LogP contribution >= 0.6 is 0 Å². The lowest BCUT2D eigenvalue weighted by Gasteiger charge is -2.23. The van der Waals surface area contributed by atoms with Crippen molar-refractivity contribution in [3.05, 3.63) is 102 Å². The van der Waals surface area contributed by atoms with Crippen LogP contribution in [0.3, 0.4) is 0 Å². The van der Waals surface area contributed by atoms with Gasteiger partial charge in [-0.3, -0.25) is 19.5 Å². The van der Waals surface area contributed by atoms with Gasteiger partial charge in [0, 0.05) is 17.7 Å². The van der Waals surface area contributed by atoms with Crippen molar-refractivity contribution in [1.82, 2.24) is 5.32 Å². The Labute approximate surface area is 175 Å². The maximum absolute atomic E-state index is 13.0. The highest BCUT2D eigenvalue weighted by molar-refractivity contribution is 6.20. The fourth-order valence-corrected chi connectivity index (χ4v) is 3.44. The largest absolute Gasteiger partial charge is 0.350 e.